The van der Waals surface area contributed by atoms with E-state index in [0.717, 1.165) is 24.1 Å². The minimum absolute atomic E-state index is 0.137. The molecule has 1 amide bonds. The summed E-state index contributed by atoms with van der Waals surface area (Å²) in [6.07, 6.45) is 5.23. The second-order valence-electron chi connectivity index (χ2n) is 5.42. The lowest BCUT2D eigenvalue weighted by Gasteiger charge is -2.20. The lowest BCUT2D eigenvalue weighted by atomic mass is 10.2. The first kappa shape index (κ1) is 14.8. The third kappa shape index (κ3) is 3.54. The molecule has 1 fully saturated rings. The summed E-state index contributed by atoms with van der Waals surface area (Å²) in [4.78, 5) is 21.5. The van der Waals surface area contributed by atoms with Gasteiger partial charge in [-0.2, -0.15) is 0 Å². The van der Waals surface area contributed by atoms with Crippen LogP contribution in [0.4, 0.5) is 11.5 Å². The number of anilines is 2. The molecule has 1 aliphatic carbocycles. The van der Waals surface area contributed by atoms with Crippen molar-refractivity contribution in [2.24, 2.45) is 0 Å². The van der Waals surface area contributed by atoms with E-state index >= 15 is 0 Å². The Morgan fingerprint density at radius 1 is 1.36 bits per heavy atom. The normalized spacial score (nSPS) is 13.7. The van der Waals surface area contributed by atoms with E-state index in [4.69, 9.17) is 11.6 Å². The summed E-state index contributed by atoms with van der Waals surface area (Å²) in [6, 6.07) is 8.36. The Bertz CT molecular complexity index is 670. The maximum Gasteiger partial charge on any atom is 0.219 e. The Morgan fingerprint density at radius 3 is 2.68 bits per heavy atom. The topological polar surface area (TPSA) is 58.1 Å². The summed E-state index contributed by atoms with van der Waals surface area (Å²) in [7, 11) is 0. The van der Waals surface area contributed by atoms with Crippen LogP contribution in [-0.4, -0.2) is 26.8 Å². The van der Waals surface area contributed by atoms with Gasteiger partial charge in [-0.25, -0.2) is 9.97 Å². The summed E-state index contributed by atoms with van der Waals surface area (Å²) < 4.78 is 0. The van der Waals surface area contributed by atoms with E-state index in [9.17, 15) is 4.79 Å². The molecule has 0 aliphatic heterocycles. The molecular formula is C16H17ClN4O. The Kier molecular flexibility index (Phi) is 4.24. The van der Waals surface area contributed by atoms with Crippen LogP contribution in [0.2, 0.25) is 5.02 Å². The maximum atomic E-state index is 11.7. The SMILES string of the molecule is CC(=O)N(Cc1ccc(Nc2ncncc2Cl)cc1)C1CC1. The van der Waals surface area contributed by atoms with Gasteiger partial charge >= 0.3 is 0 Å². The van der Waals surface area contributed by atoms with E-state index in [1.165, 1.54) is 6.33 Å². The number of aromatic nitrogens is 2. The number of hydrogen-bond acceptors (Lipinski definition) is 4. The van der Waals surface area contributed by atoms with Gasteiger partial charge in [-0.15, -0.1) is 0 Å². The largest absolute Gasteiger partial charge is 0.339 e. The van der Waals surface area contributed by atoms with Crippen LogP contribution in [0.15, 0.2) is 36.8 Å². The number of rotatable bonds is 5. The highest BCUT2D eigenvalue weighted by Gasteiger charge is 2.30. The molecule has 1 aliphatic rings. The van der Waals surface area contributed by atoms with Crippen LogP contribution in [-0.2, 0) is 11.3 Å². The molecule has 6 heteroatoms. The highest BCUT2D eigenvalue weighted by molar-refractivity contribution is 6.32. The quantitative estimate of drug-likeness (QED) is 0.918. The molecule has 1 N–H and O–H groups in total. The van der Waals surface area contributed by atoms with Crippen molar-refractivity contribution in [1.29, 1.82) is 0 Å². The number of amides is 1. The average Bonchev–Trinajstić information content (AvgIpc) is 3.33. The zero-order chi connectivity index (χ0) is 15.5. The van der Waals surface area contributed by atoms with Crippen molar-refractivity contribution in [3.05, 3.63) is 47.4 Å². The van der Waals surface area contributed by atoms with E-state index < -0.39 is 0 Å². The molecule has 5 nitrogen and oxygen atoms in total. The lowest BCUT2D eigenvalue weighted by molar-refractivity contribution is -0.130. The smallest absolute Gasteiger partial charge is 0.219 e. The first-order valence-corrected chi connectivity index (χ1v) is 7.60. The third-order valence-electron chi connectivity index (χ3n) is 3.63. The molecule has 114 valence electrons. The minimum atomic E-state index is 0.137. The number of carbonyl (C=O) groups excluding carboxylic acids is 1. The number of benzene rings is 1. The van der Waals surface area contributed by atoms with Crippen LogP contribution in [0, 0.1) is 0 Å². The zero-order valence-corrected chi connectivity index (χ0v) is 13.0. The number of hydrogen-bond donors (Lipinski definition) is 1. The molecule has 1 heterocycles. The first-order chi connectivity index (χ1) is 10.6. The van der Waals surface area contributed by atoms with Crippen LogP contribution in [0.5, 0.6) is 0 Å². The van der Waals surface area contributed by atoms with E-state index in [0.29, 0.717) is 23.4 Å². The monoisotopic (exact) mass is 316 g/mol. The summed E-state index contributed by atoms with van der Waals surface area (Å²) in [5.41, 5.74) is 2.01. The Morgan fingerprint density at radius 2 is 2.09 bits per heavy atom. The van der Waals surface area contributed by atoms with Gasteiger partial charge in [0.05, 0.1) is 6.20 Å². The fourth-order valence-electron chi connectivity index (χ4n) is 2.32. The van der Waals surface area contributed by atoms with Gasteiger partial charge in [0.2, 0.25) is 5.91 Å². The highest BCUT2D eigenvalue weighted by atomic mass is 35.5. The predicted octanol–water partition coefficient (Wildman–Crippen LogP) is 3.38. The van der Waals surface area contributed by atoms with Gasteiger partial charge in [-0.05, 0) is 30.5 Å². The van der Waals surface area contributed by atoms with E-state index in [1.807, 2.05) is 29.2 Å². The van der Waals surface area contributed by atoms with Gasteiger partial charge in [0.1, 0.15) is 11.3 Å². The fraction of sp³-hybridized carbons (Fsp3) is 0.312. The number of nitrogens with zero attached hydrogens (tertiary/aromatic N) is 3. The van der Waals surface area contributed by atoms with Gasteiger partial charge < -0.3 is 10.2 Å². The van der Waals surface area contributed by atoms with Crippen molar-refractivity contribution in [2.45, 2.75) is 32.4 Å². The van der Waals surface area contributed by atoms with E-state index in [1.54, 1.807) is 13.1 Å². The lowest BCUT2D eigenvalue weighted by Crippen LogP contribution is -2.30. The third-order valence-corrected chi connectivity index (χ3v) is 3.91. The maximum absolute atomic E-state index is 11.7. The number of halogens is 1. The summed E-state index contributed by atoms with van der Waals surface area (Å²) in [6.45, 7) is 2.29. The van der Waals surface area contributed by atoms with Crippen molar-refractivity contribution in [3.8, 4) is 0 Å². The standard InChI is InChI=1S/C16H17ClN4O/c1-11(22)21(14-6-7-14)9-12-2-4-13(5-3-12)20-16-15(17)8-18-10-19-16/h2-5,8,10,14H,6-7,9H2,1H3,(H,18,19,20). The van der Waals surface area contributed by atoms with Crippen LogP contribution >= 0.6 is 11.6 Å². The second kappa shape index (κ2) is 6.32. The van der Waals surface area contributed by atoms with E-state index in [2.05, 4.69) is 15.3 Å². The molecule has 0 bridgehead atoms. The molecule has 0 unspecified atom stereocenters. The fourth-order valence-corrected chi connectivity index (χ4v) is 2.47. The van der Waals surface area contributed by atoms with Crippen LogP contribution in [0.1, 0.15) is 25.3 Å². The van der Waals surface area contributed by atoms with Crippen molar-refractivity contribution in [2.75, 3.05) is 5.32 Å². The molecule has 22 heavy (non-hydrogen) atoms. The Labute approximate surface area is 134 Å². The summed E-state index contributed by atoms with van der Waals surface area (Å²) in [5, 5.41) is 3.62. The minimum Gasteiger partial charge on any atom is -0.339 e. The molecule has 2 aromatic rings. The molecule has 0 atom stereocenters. The molecule has 1 saturated carbocycles. The predicted molar refractivity (Wildman–Crippen MR) is 86.0 cm³/mol. The van der Waals surface area contributed by atoms with Crippen molar-refractivity contribution >= 4 is 29.0 Å². The Hall–Kier alpha value is -2.14. The van der Waals surface area contributed by atoms with Gasteiger partial charge in [0.25, 0.3) is 0 Å². The molecule has 0 radical (unpaired) electrons. The zero-order valence-electron chi connectivity index (χ0n) is 12.3. The molecule has 1 aromatic heterocycles. The Balaban J connectivity index is 1.67. The van der Waals surface area contributed by atoms with Gasteiger partial charge in [0, 0.05) is 25.2 Å². The molecular weight excluding hydrogens is 300 g/mol. The van der Waals surface area contributed by atoms with Crippen molar-refractivity contribution in [3.63, 3.8) is 0 Å². The first-order valence-electron chi connectivity index (χ1n) is 7.22. The average molecular weight is 317 g/mol. The molecule has 0 spiro atoms. The van der Waals surface area contributed by atoms with Crippen LogP contribution in [0.25, 0.3) is 0 Å². The highest BCUT2D eigenvalue weighted by Crippen LogP contribution is 2.29. The van der Waals surface area contributed by atoms with Gasteiger partial charge in [-0.3, -0.25) is 4.79 Å². The number of carbonyl (C=O) groups is 1. The molecule has 0 saturated heterocycles. The summed E-state index contributed by atoms with van der Waals surface area (Å²) >= 11 is 6.02. The van der Waals surface area contributed by atoms with Crippen molar-refractivity contribution < 1.29 is 4.79 Å². The van der Waals surface area contributed by atoms with Gasteiger partial charge in [0.15, 0.2) is 5.82 Å². The van der Waals surface area contributed by atoms with Crippen molar-refractivity contribution in [1.82, 2.24) is 14.9 Å². The van der Waals surface area contributed by atoms with Crippen LogP contribution in [0.3, 0.4) is 0 Å². The van der Waals surface area contributed by atoms with Gasteiger partial charge in [-0.1, -0.05) is 23.7 Å². The number of nitrogens with one attached hydrogen (secondary N) is 1. The van der Waals surface area contributed by atoms with E-state index in [-0.39, 0.29) is 5.91 Å². The molecule has 3 rings (SSSR count). The molecule has 1 aromatic carbocycles. The second-order valence-corrected chi connectivity index (χ2v) is 5.83. The summed E-state index contributed by atoms with van der Waals surface area (Å²) in [5.74, 6) is 0.713. The van der Waals surface area contributed by atoms with Crippen LogP contribution < -0.4 is 5.32 Å².